The van der Waals surface area contributed by atoms with E-state index in [9.17, 15) is 5.11 Å². The highest BCUT2D eigenvalue weighted by Gasteiger charge is 2.12. The van der Waals surface area contributed by atoms with Crippen molar-refractivity contribution in [2.24, 2.45) is 5.10 Å². The van der Waals surface area contributed by atoms with Crippen LogP contribution in [-0.4, -0.2) is 55.8 Å². The van der Waals surface area contributed by atoms with Gasteiger partial charge in [0.2, 0.25) is 0 Å². The Morgan fingerprint density at radius 1 is 1.39 bits per heavy atom. The van der Waals surface area contributed by atoms with E-state index in [1.165, 1.54) is 17.2 Å². The van der Waals surface area contributed by atoms with Crippen LogP contribution >= 0.6 is 35.4 Å². The SMILES string of the molecule is Oc1c(Cl)cc(Cl)cc1/C=N/NC(=S)NCC[NH+]1CCOCC1. The maximum atomic E-state index is 9.80. The zero-order chi connectivity index (χ0) is 16.7. The van der Waals surface area contributed by atoms with Crippen LogP contribution in [0.3, 0.4) is 0 Å². The number of benzene rings is 1. The van der Waals surface area contributed by atoms with Crippen LogP contribution in [0.15, 0.2) is 17.2 Å². The normalized spacial score (nSPS) is 15.7. The molecule has 126 valence electrons. The van der Waals surface area contributed by atoms with Gasteiger partial charge in [-0.15, -0.1) is 0 Å². The first-order valence-corrected chi connectivity index (χ1v) is 8.39. The van der Waals surface area contributed by atoms with Gasteiger partial charge in [0.1, 0.15) is 18.8 Å². The number of thiocarbonyl (C=S) groups is 1. The third-order valence-corrected chi connectivity index (χ3v) is 4.13. The molecule has 1 aromatic carbocycles. The first-order valence-electron chi connectivity index (χ1n) is 7.22. The van der Waals surface area contributed by atoms with E-state index in [1.54, 1.807) is 6.07 Å². The van der Waals surface area contributed by atoms with Crippen molar-refractivity contribution in [3.05, 3.63) is 27.7 Å². The molecule has 0 unspecified atom stereocenters. The fourth-order valence-corrected chi connectivity index (χ4v) is 2.81. The molecule has 1 heterocycles. The number of nitrogens with zero attached hydrogens (tertiary/aromatic N) is 1. The average molecular weight is 378 g/mol. The Kier molecular flexibility index (Phi) is 7.32. The average Bonchev–Trinajstić information content (AvgIpc) is 2.53. The fraction of sp³-hybridized carbons (Fsp3) is 0.429. The van der Waals surface area contributed by atoms with Gasteiger partial charge < -0.3 is 20.1 Å². The third kappa shape index (κ3) is 6.12. The summed E-state index contributed by atoms with van der Waals surface area (Å²) in [6, 6.07) is 3.02. The lowest BCUT2D eigenvalue weighted by Crippen LogP contribution is -3.14. The number of hydrazone groups is 1. The highest BCUT2D eigenvalue weighted by molar-refractivity contribution is 7.80. The largest absolute Gasteiger partial charge is 0.506 e. The maximum Gasteiger partial charge on any atom is 0.187 e. The minimum absolute atomic E-state index is 0.0728. The molecule has 9 heteroatoms. The fourth-order valence-electron chi connectivity index (χ4n) is 2.15. The molecule has 1 aliphatic rings. The van der Waals surface area contributed by atoms with Crippen molar-refractivity contribution < 1.29 is 14.7 Å². The summed E-state index contributed by atoms with van der Waals surface area (Å²) < 4.78 is 5.31. The number of quaternary nitrogens is 1. The summed E-state index contributed by atoms with van der Waals surface area (Å²) in [6.45, 7) is 5.40. The molecule has 0 bridgehead atoms. The lowest BCUT2D eigenvalue weighted by molar-refractivity contribution is -0.906. The number of hydrogen-bond donors (Lipinski definition) is 4. The molecule has 1 fully saturated rings. The number of aromatic hydroxyl groups is 1. The van der Waals surface area contributed by atoms with E-state index < -0.39 is 0 Å². The molecule has 1 saturated heterocycles. The molecule has 1 aliphatic heterocycles. The molecular weight excluding hydrogens is 359 g/mol. The quantitative estimate of drug-likeness (QED) is 0.340. The van der Waals surface area contributed by atoms with Gasteiger partial charge >= 0.3 is 0 Å². The molecule has 0 saturated carbocycles. The number of rotatable bonds is 5. The van der Waals surface area contributed by atoms with Crippen molar-refractivity contribution in [2.75, 3.05) is 39.4 Å². The monoisotopic (exact) mass is 377 g/mol. The first kappa shape index (κ1) is 18.2. The van der Waals surface area contributed by atoms with E-state index in [4.69, 9.17) is 40.2 Å². The zero-order valence-corrected chi connectivity index (χ0v) is 14.8. The summed E-state index contributed by atoms with van der Waals surface area (Å²) in [4.78, 5) is 1.49. The number of ether oxygens (including phenoxy) is 1. The van der Waals surface area contributed by atoms with Crippen molar-refractivity contribution >= 4 is 46.7 Å². The molecule has 0 aliphatic carbocycles. The smallest absolute Gasteiger partial charge is 0.187 e. The van der Waals surface area contributed by atoms with Gasteiger partial charge in [-0.3, -0.25) is 5.43 Å². The number of halogens is 2. The lowest BCUT2D eigenvalue weighted by Gasteiger charge is -2.23. The van der Waals surface area contributed by atoms with Crippen LogP contribution in [0.2, 0.25) is 10.0 Å². The second-order valence-electron chi connectivity index (χ2n) is 5.06. The standard InChI is InChI=1S/C14H18Cl2N4O2S/c15-11-7-10(13(21)12(16)8-11)9-18-19-14(23)17-1-2-20-3-5-22-6-4-20/h7-9,21H,1-6H2,(H2,17,19,23)/p+1/b18-9+. The van der Waals surface area contributed by atoms with E-state index in [0.717, 1.165) is 39.4 Å². The summed E-state index contributed by atoms with van der Waals surface area (Å²) >= 11 is 16.9. The molecule has 0 atom stereocenters. The molecular formula is C14H19Cl2N4O2S+. The second kappa shape index (κ2) is 9.24. The van der Waals surface area contributed by atoms with Crippen LogP contribution in [0.4, 0.5) is 0 Å². The second-order valence-corrected chi connectivity index (χ2v) is 6.32. The van der Waals surface area contributed by atoms with Gasteiger partial charge in [-0.25, -0.2) is 0 Å². The van der Waals surface area contributed by atoms with Gasteiger partial charge in [-0.2, -0.15) is 5.10 Å². The van der Waals surface area contributed by atoms with Crippen LogP contribution in [-0.2, 0) is 4.74 Å². The van der Waals surface area contributed by atoms with Gasteiger partial charge in [-0.1, -0.05) is 23.2 Å². The van der Waals surface area contributed by atoms with E-state index in [1.807, 2.05) is 0 Å². The van der Waals surface area contributed by atoms with E-state index in [-0.39, 0.29) is 10.8 Å². The Balaban J connectivity index is 1.73. The van der Waals surface area contributed by atoms with Gasteiger partial charge in [-0.05, 0) is 24.4 Å². The van der Waals surface area contributed by atoms with Crippen molar-refractivity contribution in [3.63, 3.8) is 0 Å². The van der Waals surface area contributed by atoms with Crippen molar-refractivity contribution in [1.29, 1.82) is 0 Å². The van der Waals surface area contributed by atoms with Crippen LogP contribution in [0, 0.1) is 0 Å². The van der Waals surface area contributed by atoms with Gasteiger partial charge in [0, 0.05) is 10.6 Å². The molecule has 4 N–H and O–H groups in total. The van der Waals surface area contributed by atoms with Crippen LogP contribution in [0.5, 0.6) is 5.75 Å². The summed E-state index contributed by atoms with van der Waals surface area (Å²) in [5.41, 5.74) is 3.11. The van der Waals surface area contributed by atoms with Gasteiger partial charge in [0.25, 0.3) is 0 Å². The topological polar surface area (TPSA) is 70.3 Å². The number of phenols is 1. The third-order valence-electron chi connectivity index (χ3n) is 3.39. The van der Waals surface area contributed by atoms with Crippen molar-refractivity contribution in [3.8, 4) is 5.75 Å². The molecule has 0 spiro atoms. The molecule has 0 aromatic heterocycles. The van der Waals surface area contributed by atoms with Crippen LogP contribution in [0.1, 0.15) is 5.56 Å². The van der Waals surface area contributed by atoms with Crippen LogP contribution in [0.25, 0.3) is 0 Å². The minimum Gasteiger partial charge on any atom is -0.506 e. The van der Waals surface area contributed by atoms with Gasteiger partial charge in [0.05, 0.1) is 37.5 Å². The maximum absolute atomic E-state index is 9.80. The predicted octanol–water partition coefficient (Wildman–Crippen LogP) is 0.412. The molecule has 0 radical (unpaired) electrons. The number of phenolic OH excluding ortho intramolecular Hbond substituents is 1. The highest BCUT2D eigenvalue weighted by atomic mass is 35.5. The Hall–Kier alpha value is -1.12. The van der Waals surface area contributed by atoms with Crippen molar-refractivity contribution in [1.82, 2.24) is 10.7 Å². The lowest BCUT2D eigenvalue weighted by atomic mass is 10.2. The first-order chi connectivity index (χ1) is 11.1. The summed E-state index contributed by atoms with van der Waals surface area (Å²) in [5.74, 6) is -0.0728. The zero-order valence-electron chi connectivity index (χ0n) is 12.4. The molecule has 0 amide bonds. The van der Waals surface area contributed by atoms with Gasteiger partial charge in [0.15, 0.2) is 5.11 Å². The van der Waals surface area contributed by atoms with E-state index in [0.29, 0.717) is 15.7 Å². The highest BCUT2D eigenvalue weighted by Crippen LogP contribution is 2.29. The number of nitrogens with one attached hydrogen (secondary N) is 3. The number of morpholine rings is 1. The Morgan fingerprint density at radius 3 is 2.87 bits per heavy atom. The summed E-state index contributed by atoms with van der Waals surface area (Å²) in [6.07, 6.45) is 1.41. The Labute approximate surface area is 150 Å². The molecule has 6 nitrogen and oxygen atoms in total. The molecule has 1 aromatic rings. The van der Waals surface area contributed by atoms with Crippen LogP contribution < -0.4 is 15.6 Å². The van der Waals surface area contributed by atoms with E-state index in [2.05, 4.69) is 15.8 Å². The number of hydrogen-bond acceptors (Lipinski definition) is 4. The van der Waals surface area contributed by atoms with Crippen molar-refractivity contribution in [2.45, 2.75) is 0 Å². The summed E-state index contributed by atoms with van der Waals surface area (Å²) in [5, 5.41) is 17.9. The molecule has 23 heavy (non-hydrogen) atoms. The minimum atomic E-state index is -0.0728. The Morgan fingerprint density at radius 2 is 2.13 bits per heavy atom. The summed E-state index contributed by atoms with van der Waals surface area (Å²) in [7, 11) is 0. The predicted molar refractivity (Wildman–Crippen MR) is 95.8 cm³/mol. The van der Waals surface area contributed by atoms with E-state index >= 15 is 0 Å². The molecule has 2 rings (SSSR count). The Bertz CT molecular complexity index is 580.